The van der Waals surface area contributed by atoms with Crippen LogP contribution in [0.15, 0.2) is 23.4 Å². The zero-order valence-corrected chi connectivity index (χ0v) is 10.2. The molecule has 0 aliphatic carbocycles. The zero-order chi connectivity index (χ0) is 16.2. The minimum atomic E-state index is -4.90. The summed E-state index contributed by atoms with van der Waals surface area (Å²) < 4.78 is 55.5. The van der Waals surface area contributed by atoms with E-state index in [0.29, 0.717) is 6.07 Å². The average molecular weight is 311 g/mol. The standard InChI is InChI=1S/C10H9F4N3O4/c11-5-1-2-7(17(19)20)8(3-5)21-4-6(9(15)16-18)10(12,13)14/h1-3,6,18H,4H2,(H2,15,16). The number of nitro benzene ring substituents is 1. The van der Waals surface area contributed by atoms with Crippen molar-refractivity contribution >= 4 is 11.5 Å². The number of amidine groups is 1. The topological polar surface area (TPSA) is 111 Å². The Bertz CT molecular complexity index is 562. The van der Waals surface area contributed by atoms with Gasteiger partial charge in [-0.2, -0.15) is 13.2 Å². The molecule has 0 saturated heterocycles. The number of oxime groups is 1. The molecule has 1 atom stereocenters. The molecule has 7 nitrogen and oxygen atoms in total. The van der Waals surface area contributed by atoms with Crippen LogP contribution in [0.4, 0.5) is 23.2 Å². The minimum Gasteiger partial charge on any atom is -0.486 e. The molecular formula is C10H9F4N3O4. The molecule has 1 aromatic rings. The van der Waals surface area contributed by atoms with Gasteiger partial charge in [-0.15, -0.1) is 0 Å². The Morgan fingerprint density at radius 1 is 1.52 bits per heavy atom. The largest absolute Gasteiger partial charge is 0.486 e. The van der Waals surface area contributed by atoms with E-state index in [1.54, 1.807) is 0 Å². The molecule has 0 spiro atoms. The molecule has 1 rings (SSSR count). The number of nitrogens with two attached hydrogens (primary N) is 1. The quantitative estimate of drug-likeness (QED) is 0.216. The lowest BCUT2D eigenvalue weighted by atomic mass is 10.1. The van der Waals surface area contributed by atoms with E-state index in [-0.39, 0.29) is 0 Å². The molecule has 0 aliphatic rings. The Morgan fingerprint density at radius 3 is 2.62 bits per heavy atom. The summed E-state index contributed by atoms with van der Waals surface area (Å²) in [4.78, 5) is 9.71. The molecule has 0 saturated carbocycles. The van der Waals surface area contributed by atoms with Gasteiger partial charge in [0.1, 0.15) is 18.3 Å². The van der Waals surface area contributed by atoms with Gasteiger partial charge in [-0.3, -0.25) is 10.1 Å². The summed E-state index contributed by atoms with van der Waals surface area (Å²) in [6.45, 7) is -1.20. The van der Waals surface area contributed by atoms with Crippen LogP contribution in [0.1, 0.15) is 0 Å². The van der Waals surface area contributed by atoms with Crippen molar-refractivity contribution in [2.24, 2.45) is 16.8 Å². The van der Waals surface area contributed by atoms with E-state index in [4.69, 9.17) is 10.9 Å². The fraction of sp³-hybridized carbons (Fsp3) is 0.300. The maximum Gasteiger partial charge on any atom is 0.402 e. The molecule has 1 unspecified atom stereocenters. The van der Waals surface area contributed by atoms with Crippen molar-refractivity contribution < 1.29 is 32.4 Å². The fourth-order valence-electron chi connectivity index (χ4n) is 1.34. The van der Waals surface area contributed by atoms with Crippen LogP contribution in [0, 0.1) is 21.8 Å². The predicted octanol–water partition coefficient (Wildman–Crippen LogP) is 2.04. The van der Waals surface area contributed by atoms with E-state index in [2.05, 4.69) is 9.89 Å². The predicted molar refractivity (Wildman–Crippen MR) is 61.5 cm³/mol. The highest BCUT2D eigenvalue weighted by atomic mass is 19.4. The van der Waals surface area contributed by atoms with Crippen molar-refractivity contribution in [3.63, 3.8) is 0 Å². The van der Waals surface area contributed by atoms with Crippen LogP contribution >= 0.6 is 0 Å². The van der Waals surface area contributed by atoms with Crippen molar-refractivity contribution in [1.82, 2.24) is 0 Å². The molecule has 0 fully saturated rings. The Balaban J connectivity index is 3.01. The van der Waals surface area contributed by atoms with Crippen LogP contribution in [0.5, 0.6) is 5.75 Å². The maximum absolute atomic E-state index is 13.0. The number of halogens is 4. The van der Waals surface area contributed by atoms with Gasteiger partial charge in [0.05, 0.1) is 4.92 Å². The molecule has 0 heterocycles. The lowest BCUT2D eigenvalue weighted by Crippen LogP contribution is -2.40. The minimum absolute atomic E-state index is 0.567. The van der Waals surface area contributed by atoms with Crippen LogP contribution in [0.3, 0.4) is 0 Å². The van der Waals surface area contributed by atoms with Crippen LogP contribution in [-0.4, -0.2) is 28.7 Å². The van der Waals surface area contributed by atoms with Crippen molar-refractivity contribution in [3.8, 4) is 5.75 Å². The fourth-order valence-corrected chi connectivity index (χ4v) is 1.34. The number of rotatable bonds is 5. The Morgan fingerprint density at radius 2 is 2.14 bits per heavy atom. The number of nitro groups is 1. The summed E-state index contributed by atoms with van der Waals surface area (Å²) in [6, 6.07) is 2.07. The van der Waals surface area contributed by atoms with Crippen LogP contribution in [0.25, 0.3) is 0 Å². The third-order valence-electron chi connectivity index (χ3n) is 2.39. The first-order chi connectivity index (χ1) is 9.66. The van der Waals surface area contributed by atoms with E-state index in [9.17, 15) is 27.7 Å². The number of hydrogen-bond donors (Lipinski definition) is 2. The lowest BCUT2D eigenvalue weighted by molar-refractivity contribution is -0.386. The highest BCUT2D eigenvalue weighted by molar-refractivity contribution is 5.83. The second kappa shape index (κ2) is 6.24. The Labute approximate surface area is 114 Å². The zero-order valence-electron chi connectivity index (χ0n) is 10.2. The van der Waals surface area contributed by atoms with Gasteiger partial charge in [-0.25, -0.2) is 4.39 Å². The van der Waals surface area contributed by atoms with Crippen molar-refractivity contribution in [2.75, 3.05) is 6.61 Å². The summed E-state index contributed by atoms with van der Waals surface area (Å²) in [6.07, 6.45) is -4.90. The van der Waals surface area contributed by atoms with Gasteiger partial charge in [0, 0.05) is 12.1 Å². The summed E-state index contributed by atoms with van der Waals surface area (Å²) in [5, 5.41) is 21.2. The van der Waals surface area contributed by atoms with Gasteiger partial charge >= 0.3 is 11.9 Å². The molecule has 21 heavy (non-hydrogen) atoms. The molecule has 3 N–H and O–H groups in total. The number of hydrogen-bond acceptors (Lipinski definition) is 5. The monoisotopic (exact) mass is 311 g/mol. The number of benzene rings is 1. The SMILES string of the molecule is N/C(=N/O)C(COc1cc(F)ccc1[N+](=O)[O-])C(F)(F)F. The second-order valence-corrected chi connectivity index (χ2v) is 3.80. The van der Waals surface area contributed by atoms with E-state index in [0.717, 1.165) is 12.1 Å². The Hall–Kier alpha value is -2.59. The first-order valence-electron chi connectivity index (χ1n) is 5.27. The molecule has 0 amide bonds. The molecule has 0 aliphatic heterocycles. The highest BCUT2D eigenvalue weighted by Crippen LogP contribution is 2.31. The summed E-state index contributed by atoms with van der Waals surface area (Å²) in [5.74, 6) is -5.30. The molecule has 1 aromatic carbocycles. The first kappa shape index (κ1) is 16.5. The average Bonchev–Trinajstić information content (AvgIpc) is 2.36. The highest BCUT2D eigenvalue weighted by Gasteiger charge is 2.43. The maximum atomic E-state index is 13.0. The summed E-state index contributed by atoms with van der Waals surface area (Å²) in [7, 11) is 0. The number of alkyl halides is 3. The van der Waals surface area contributed by atoms with E-state index in [1.807, 2.05) is 0 Å². The number of nitrogens with zero attached hydrogens (tertiary/aromatic N) is 2. The Kier molecular flexibility index (Phi) is 4.89. The third-order valence-corrected chi connectivity index (χ3v) is 2.39. The summed E-state index contributed by atoms with van der Waals surface area (Å²) in [5.41, 5.74) is 4.18. The van der Waals surface area contributed by atoms with Gasteiger partial charge < -0.3 is 15.7 Å². The van der Waals surface area contributed by atoms with Gasteiger partial charge in [0.2, 0.25) is 0 Å². The molecule has 11 heteroatoms. The van der Waals surface area contributed by atoms with Crippen molar-refractivity contribution in [2.45, 2.75) is 6.18 Å². The van der Waals surface area contributed by atoms with Gasteiger partial charge in [-0.1, -0.05) is 5.16 Å². The number of ether oxygens (including phenoxy) is 1. The third kappa shape index (κ3) is 4.19. The summed E-state index contributed by atoms with van der Waals surface area (Å²) >= 11 is 0. The lowest BCUT2D eigenvalue weighted by Gasteiger charge is -2.19. The smallest absolute Gasteiger partial charge is 0.402 e. The van der Waals surface area contributed by atoms with Crippen LogP contribution in [-0.2, 0) is 0 Å². The van der Waals surface area contributed by atoms with E-state index in [1.165, 1.54) is 0 Å². The van der Waals surface area contributed by atoms with E-state index < -0.39 is 46.7 Å². The van der Waals surface area contributed by atoms with Gasteiger partial charge in [0.25, 0.3) is 0 Å². The normalized spacial score (nSPS) is 13.8. The van der Waals surface area contributed by atoms with Crippen molar-refractivity contribution in [3.05, 3.63) is 34.1 Å². The van der Waals surface area contributed by atoms with Gasteiger partial charge in [0.15, 0.2) is 11.6 Å². The van der Waals surface area contributed by atoms with Gasteiger partial charge in [-0.05, 0) is 6.07 Å². The molecular weight excluding hydrogens is 302 g/mol. The molecule has 0 radical (unpaired) electrons. The molecule has 116 valence electrons. The van der Waals surface area contributed by atoms with Crippen LogP contribution < -0.4 is 10.5 Å². The molecule has 0 aromatic heterocycles. The second-order valence-electron chi connectivity index (χ2n) is 3.80. The van der Waals surface area contributed by atoms with Crippen LogP contribution in [0.2, 0.25) is 0 Å². The molecule has 0 bridgehead atoms. The first-order valence-corrected chi connectivity index (χ1v) is 5.27. The van der Waals surface area contributed by atoms with E-state index >= 15 is 0 Å². The van der Waals surface area contributed by atoms with Crippen molar-refractivity contribution in [1.29, 1.82) is 0 Å².